The predicted octanol–water partition coefficient (Wildman–Crippen LogP) is -0.395. The van der Waals surface area contributed by atoms with Crippen LogP contribution in [-0.2, 0) is 4.74 Å². The second kappa shape index (κ2) is 7.02. The first kappa shape index (κ1) is 13.7. The Balaban J connectivity index is 2.04. The van der Waals surface area contributed by atoms with Crippen LogP contribution in [0.4, 0.5) is 11.9 Å². The van der Waals surface area contributed by atoms with Gasteiger partial charge in [0.2, 0.25) is 11.9 Å². The molecule has 0 aromatic carbocycles. The van der Waals surface area contributed by atoms with Crippen LogP contribution in [-0.4, -0.2) is 52.9 Å². The molecule has 9 nitrogen and oxygen atoms in total. The molecule has 19 heavy (non-hydrogen) atoms. The lowest BCUT2D eigenvalue weighted by Crippen LogP contribution is -2.40. The molecule has 0 radical (unpaired) electrons. The van der Waals surface area contributed by atoms with E-state index in [1.807, 2.05) is 11.9 Å². The van der Waals surface area contributed by atoms with E-state index in [2.05, 4.69) is 25.8 Å². The molecule has 2 heterocycles. The van der Waals surface area contributed by atoms with Crippen LogP contribution in [0.25, 0.3) is 0 Å². The van der Waals surface area contributed by atoms with Crippen LogP contribution >= 0.6 is 0 Å². The number of hydrogen-bond acceptors (Lipinski definition) is 9. The van der Waals surface area contributed by atoms with Crippen molar-refractivity contribution in [2.45, 2.75) is 13.3 Å². The molecule has 1 fully saturated rings. The molecule has 0 spiro atoms. The third kappa shape index (κ3) is 4.16. The Bertz CT molecular complexity index is 397. The van der Waals surface area contributed by atoms with Gasteiger partial charge in [-0.25, -0.2) is 10.9 Å². The highest BCUT2D eigenvalue weighted by molar-refractivity contribution is 5.34. The Labute approximate surface area is 111 Å². The Morgan fingerprint density at radius 3 is 2.68 bits per heavy atom. The fourth-order valence-electron chi connectivity index (χ4n) is 1.55. The molecule has 1 aromatic heterocycles. The van der Waals surface area contributed by atoms with Crippen LogP contribution in [0, 0.1) is 0 Å². The first-order valence-corrected chi connectivity index (χ1v) is 6.26. The van der Waals surface area contributed by atoms with Gasteiger partial charge in [0.25, 0.3) is 0 Å². The molecule has 1 saturated heterocycles. The van der Waals surface area contributed by atoms with Gasteiger partial charge in [-0.15, -0.1) is 0 Å². The first-order chi connectivity index (χ1) is 9.31. The Morgan fingerprint density at radius 1 is 1.26 bits per heavy atom. The number of nitrogen functional groups attached to an aromatic ring is 1. The summed E-state index contributed by atoms with van der Waals surface area (Å²) in [6, 6.07) is 0.251. The number of anilines is 2. The van der Waals surface area contributed by atoms with E-state index >= 15 is 0 Å². The smallest absolute Gasteiger partial charge is 0.323 e. The van der Waals surface area contributed by atoms with Crippen molar-refractivity contribution >= 4 is 11.9 Å². The summed E-state index contributed by atoms with van der Waals surface area (Å²) < 4.78 is 10.7. The standard InChI is InChI=1S/C10H19N7O2/c1-2-5-19-10-13-8(15-11)12-9(14-10)16-17-3-6-18-7-4-17/h2-7,11H2,1H3,(H2,12,13,14,15,16). The predicted molar refractivity (Wildman–Crippen MR) is 69.4 cm³/mol. The molecular formula is C10H19N7O2. The normalized spacial score (nSPS) is 16.1. The largest absolute Gasteiger partial charge is 0.463 e. The van der Waals surface area contributed by atoms with Gasteiger partial charge in [0.05, 0.1) is 19.8 Å². The number of ether oxygens (including phenoxy) is 2. The third-order valence-corrected chi connectivity index (χ3v) is 2.45. The quantitative estimate of drug-likeness (QED) is 0.469. The van der Waals surface area contributed by atoms with Gasteiger partial charge in [-0.3, -0.25) is 10.9 Å². The lowest BCUT2D eigenvalue weighted by atomic mass is 10.5. The van der Waals surface area contributed by atoms with E-state index in [-0.39, 0.29) is 12.0 Å². The highest BCUT2D eigenvalue weighted by Gasteiger charge is 2.13. The Morgan fingerprint density at radius 2 is 2.00 bits per heavy atom. The molecule has 2 rings (SSSR count). The SMILES string of the molecule is CCCOc1nc(NN)nc(NN2CCOCC2)n1. The molecule has 1 aromatic rings. The number of nitrogens with two attached hydrogens (primary N) is 1. The van der Waals surface area contributed by atoms with Crippen LogP contribution in [0.5, 0.6) is 6.01 Å². The molecule has 106 valence electrons. The molecule has 0 saturated carbocycles. The van der Waals surface area contributed by atoms with Gasteiger partial charge in [0.1, 0.15) is 0 Å². The minimum absolute atomic E-state index is 0.251. The lowest BCUT2D eigenvalue weighted by molar-refractivity contribution is 0.0492. The summed E-state index contributed by atoms with van der Waals surface area (Å²) in [4.78, 5) is 12.3. The zero-order chi connectivity index (χ0) is 13.5. The summed E-state index contributed by atoms with van der Waals surface area (Å²) in [6.45, 7) is 5.45. The maximum absolute atomic E-state index is 5.39. The maximum atomic E-state index is 5.39. The average Bonchev–Trinajstić information content (AvgIpc) is 2.46. The number of nitrogens with zero attached hydrogens (tertiary/aromatic N) is 4. The van der Waals surface area contributed by atoms with Crippen LogP contribution in [0.1, 0.15) is 13.3 Å². The highest BCUT2D eigenvalue weighted by Crippen LogP contribution is 2.11. The van der Waals surface area contributed by atoms with Crippen molar-refractivity contribution < 1.29 is 9.47 Å². The van der Waals surface area contributed by atoms with Crippen LogP contribution in [0.3, 0.4) is 0 Å². The zero-order valence-electron chi connectivity index (χ0n) is 10.9. The molecule has 9 heteroatoms. The van der Waals surface area contributed by atoms with Gasteiger partial charge in [-0.1, -0.05) is 6.92 Å². The molecule has 1 aliphatic heterocycles. The molecule has 0 atom stereocenters. The highest BCUT2D eigenvalue weighted by atomic mass is 16.5. The first-order valence-electron chi connectivity index (χ1n) is 6.26. The number of nitrogens with one attached hydrogen (secondary N) is 2. The third-order valence-electron chi connectivity index (χ3n) is 2.45. The zero-order valence-corrected chi connectivity index (χ0v) is 10.9. The number of hydrogen-bond donors (Lipinski definition) is 3. The van der Waals surface area contributed by atoms with Crippen molar-refractivity contribution in [2.24, 2.45) is 5.84 Å². The van der Waals surface area contributed by atoms with Crippen molar-refractivity contribution in [2.75, 3.05) is 43.8 Å². The minimum atomic E-state index is 0.251. The van der Waals surface area contributed by atoms with Gasteiger partial charge in [-0.2, -0.15) is 15.0 Å². The molecule has 0 amide bonds. The van der Waals surface area contributed by atoms with E-state index in [0.717, 1.165) is 19.5 Å². The van der Waals surface area contributed by atoms with Gasteiger partial charge >= 0.3 is 6.01 Å². The van der Waals surface area contributed by atoms with Crippen molar-refractivity contribution in [3.05, 3.63) is 0 Å². The van der Waals surface area contributed by atoms with Crippen LogP contribution in [0.15, 0.2) is 0 Å². The summed E-state index contributed by atoms with van der Waals surface area (Å²) in [5, 5.41) is 1.97. The Hall–Kier alpha value is -1.71. The fraction of sp³-hybridized carbons (Fsp3) is 0.700. The van der Waals surface area contributed by atoms with E-state index in [9.17, 15) is 0 Å². The molecular weight excluding hydrogens is 250 g/mol. The maximum Gasteiger partial charge on any atom is 0.323 e. The van der Waals surface area contributed by atoms with Crippen molar-refractivity contribution in [3.63, 3.8) is 0 Å². The summed E-state index contributed by atoms with van der Waals surface area (Å²) in [5.74, 6) is 5.99. The van der Waals surface area contributed by atoms with E-state index in [1.54, 1.807) is 0 Å². The second-order valence-electron chi connectivity index (χ2n) is 3.97. The monoisotopic (exact) mass is 269 g/mol. The van der Waals surface area contributed by atoms with E-state index in [0.29, 0.717) is 25.8 Å². The number of rotatable bonds is 6. The average molecular weight is 269 g/mol. The van der Waals surface area contributed by atoms with E-state index in [1.165, 1.54) is 0 Å². The summed E-state index contributed by atoms with van der Waals surface area (Å²) >= 11 is 0. The van der Waals surface area contributed by atoms with E-state index < -0.39 is 0 Å². The number of hydrazine groups is 2. The van der Waals surface area contributed by atoms with Gasteiger partial charge in [-0.05, 0) is 6.42 Å². The summed E-state index contributed by atoms with van der Waals surface area (Å²) in [6.07, 6.45) is 0.878. The van der Waals surface area contributed by atoms with Crippen LogP contribution in [0.2, 0.25) is 0 Å². The molecule has 0 bridgehead atoms. The second-order valence-corrected chi connectivity index (χ2v) is 3.97. The fourth-order valence-corrected chi connectivity index (χ4v) is 1.55. The lowest BCUT2D eigenvalue weighted by Gasteiger charge is -2.26. The molecule has 0 aliphatic carbocycles. The van der Waals surface area contributed by atoms with E-state index in [4.69, 9.17) is 15.3 Å². The minimum Gasteiger partial charge on any atom is -0.463 e. The summed E-state index contributed by atoms with van der Waals surface area (Å²) in [7, 11) is 0. The number of aromatic nitrogens is 3. The van der Waals surface area contributed by atoms with Crippen LogP contribution < -0.4 is 21.4 Å². The topological polar surface area (TPSA) is 110 Å². The van der Waals surface area contributed by atoms with Gasteiger partial charge in [0, 0.05) is 13.1 Å². The number of morpholine rings is 1. The molecule has 0 unspecified atom stereocenters. The molecule has 4 N–H and O–H groups in total. The van der Waals surface area contributed by atoms with Gasteiger partial charge < -0.3 is 9.47 Å². The molecule has 1 aliphatic rings. The van der Waals surface area contributed by atoms with Crippen molar-refractivity contribution in [1.29, 1.82) is 0 Å². The van der Waals surface area contributed by atoms with Crippen molar-refractivity contribution in [3.8, 4) is 6.01 Å². The van der Waals surface area contributed by atoms with Gasteiger partial charge in [0.15, 0.2) is 0 Å². The Kier molecular flexibility index (Phi) is 5.07. The van der Waals surface area contributed by atoms with Crippen molar-refractivity contribution in [1.82, 2.24) is 20.0 Å². The summed E-state index contributed by atoms with van der Waals surface area (Å²) in [5.41, 5.74) is 5.48.